The monoisotopic (exact) mass is 497 g/mol. The van der Waals surface area contributed by atoms with Gasteiger partial charge in [0, 0.05) is 42.2 Å². The SMILES string of the molecule is Cc1ccc(C(=O)O)cc1-n1c(C)cc([C@H]2[C@H](c3ccccn3)NC(=S)N2Cc2ccncc2)c1C. The van der Waals surface area contributed by atoms with E-state index in [1.807, 2.05) is 50.2 Å². The van der Waals surface area contributed by atoms with Gasteiger partial charge < -0.3 is 19.9 Å². The molecule has 182 valence electrons. The number of rotatable bonds is 6. The summed E-state index contributed by atoms with van der Waals surface area (Å²) in [5.74, 6) is -0.942. The van der Waals surface area contributed by atoms with Crippen LogP contribution in [0.1, 0.15) is 56.2 Å². The lowest BCUT2D eigenvalue weighted by Gasteiger charge is -2.28. The number of hydrogen-bond acceptors (Lipinski definition) is 4. The van der Waals surface area contributed by atoms with Crippen molar-refractivity contribution >= 4 is 23.3 Å². The largest absolute Gasteiger partial charge is 0.478 e. The minimum Gasteiger partial charge on any atom is -0.478 e. The summed E-state index contributed by atoms with van der Waals surface area (Å²) in [6.07, 6.45) is 5.38. The van der Waals surface area contributed by atoms with Crippen molar-refractivity contribution in [1.29, 1.82) is 0 Å². The van der Waals surface area contributed by atoms with E-state index in [4.69, 9.17) is 12.2 Å². The molecule has 2 atom stereocenters. The van der Waals surface area contributed by atoms with Crippen LogP contribution in [-0.2, 0) is 6.54 Å². The highest BCUT2D eigenvalue weighted by Crippen LogP contribution is 2.42. The molecule has 36 heavy (non-hydrogen) atoms. The maximum atomic E-state index is 11.7. The summed E-state index contributed by atoms with van der Waals surface area (Å²) in [5, 5.41) is 13.8. The number of nitrogens with one attached hydrogen (secondary N) is 1. The molecule has 4 aromatic rings. The predicted octanol–water partition coefficient (Wildman–Crippen LogP) is 5.06. The molecule has 0 spiro atoms. The second-order valence-corrected chi connectivity index (χ2v) is 9.46. The van der Waals surface area contributed by atoms with E-state index in [-0.39, 0.29) is 17.6 Å². The maximum Gasteiger partial charge on any atom is 0.335 e. The molecule has 0 unspecified atom stereocenters. The Morgan fingerprint density at radius 2 is 1.83 bits per heavy atom. The minimum absolute atomic E-state index is 0.108. The van der Waals surface area contributed by atoms with E-state index in [0.29, 0.717) is 11.7 Å². The number of benzene rings is 1. The average Bonchev–Trinajstić information content (AvgIpc) is 3.35. The van der Waals surface area contributed by atoms with E-state index >= 15 is 0 Å². The Labute approximate surface area is 215 Å². The van der Waals surface area contributed by atoms with E-state index < -0.39 is 5.97 Å². The molecular weight excluding hydrogens is 470 g/mol. The molecule has 0 bridgehead atoms. The molecule has 4 heterocycles. The number of hydrogen-bond donors (Lipinski definition) is 2. The van der Waals surface area contributed by atoms with Crippen molar-refractivity contribution < 1.29 is 9.90 Å². The van der Waals surface area contributed by atoms with Crippen LogP contribution in [0.25, 0.3) is 5.69 Å². The Morgan fingerprint density at radius 3 is 2.53 bits per heavy atom. The Morgan fingerprint density at radius 1 is 1.06 bits per heavy atom. The van der Waals surface area contributed by atoms with E-state index in [9.17, 15) is 9.90 Å². The summed E-state index contributed by atoms with van der Waals surface area (Å²) >= 11 is 5.84. The third-order valence-corrected chi connectivity index (χ3v) is 7.14. The van der Waals surface area contributed by atoms with Crippen LogP contribution in [0.2, 0.25) is 0 Å². The molecule has 1 aliphatic heterocycles. The second-order valence-electron chi connectivity index (χ2n) is 9.08. The number of carbonyl (C=O) groups is 1. The zero-order valence-corrected chi connectivity index (χ0v) is 21.2. The summed E-state index contributed by atoms with van der Waals surface area (Å²) in [6, 6.07) is 17.1. The van der Waals surface area contributed by atoms with Crippen molar-refractivity contribution in [2.75, 3.05) is 0 Å². The maximum absolute atomic E-state index is 11.7. The van der Waals surface area contributed by atoms with Crippen molar-refractivity contribution in [3.63, 3.8) is 0 Å². The van der Waals surface area contributed by atoms with Crippen LogP contribution in [-0.4, -0.2) is 35.6 Å². The summed E-state index contributed by atoms with van der Waals surface area (Å²) in [7, 11) is 0. The molecule has 1 saturated heterocycles. The van der Waals surface area contributed by atoms with Crippen LogP contribution in [0.3, 0.4) is 0 Å². The molecule has 0 radical (unpaired) electrons. The fourth-order valence-electron chi connectivity index (χ4n) is 5.04. The lowest BCUT2D eigenvalue weighted by molar-refractivity contribution is 0.0697. The van der Waals surface area contributed by atoms with E-state index in [2.05, 4.69) is 37.7 Å². The summed E-state index contributed by atoms with van der Waals surface area (Å²) < 4.78 is 2.14. The number of carboxylic acid groups (broad SMARTS) is 1. The van der Waals surface area contributed by atoms with Crippen molar-refractivity contribution in [2.24, 2.45) is 0 Å². The van der Waals surface area contributed by atoms with E-state index in [1.54, 1.807) is 30.7 Å². The Balaban J connectivity index is 1.64. The lowest BCUT2D eigenvalue weighted by atomic mass is 9.96. The fourth-order valence-corrected chi connectivity index (χ4v) is 5.35. The lowest BCUT2D eigenvalue weighted by Crippen LogP contribution is -2.29. The molecule has 1 aromatic carbocycles. The molecule has 0 amide bonds. The fraction of sp³-hybridized carbons (Fsp3) is 0.214. The van der Waals surface area contributed by atoms with Crippen LogP contribution >= 0.6 is 12.2 Å². The predicted molar refractivity (Wildman–Crippen MR) is 142 cm³/mol. The number of thiocarbonyl (C=S) groups is 1. The number of nitrogens with zero attached hydrogens (tertiary/aromatic N) is 4. The quantitative estimate of drug-likeness (QED) is 0.360. The van der Waals surface area contributed by atoms with Gasteiger partial charge in [0.15, 0.2) is 5.11 Å². The smallest absolute Gasteiger partial charge is 0.335 e. The van der Waals surface area contributed by atoms with Crippen molar-refractivity contribution in [2.45, 2.75) is 39.4 Å². The highest BCUT2D eigenvalue weighted by molar-refractivity contribution is 7.80. The van der Waals surface area contributed by atoms with Gasteiger partial charge in [-0.3, -0.25) is 9.97 Å². The molecule has 8 heteroatoms. The number of aromatic nitrogens is 3. The number of pyridine rings is 2. The summed E-state index contributed by atoms with van der Waals surface area (Å²) in [4.78, 5) is 22.7. The average molecular weight is 498 g/mol. The van der Waals surface area contributed by atoms with Crippen LogP contribution in [0.15, 0.2) is 73.2 Å². The molecule has 0 saturated carbocycles. The zero-order valence-electron chi connectivity index (χ0n) is 20.3. The first kappa shape index (κ1) is 23.7. The second kappa shape index (κ2) is 9.54. The highest BCUT2D eigenvalue weighted by Gasteiger charge is 2.41. The first-order valence-corrected chi connectivity index (χ1v) is 12.2. The van der Waals surface area contributed by atoms with Crippen LogP contribution in [0, 0.1) is 20.8 Å². The van der Waals surface area contributed by atoms with E-state index in [1.165, 1.54) is 0 Å². The molecule has 5 rings (SSSR count). The van der Waals surface area contributed by atoms with Crippen LogP contribution in [0.5, 0.6) is 0 Å². The number of aromatic carboxylic acids is 1. The molecule has 3 aromatic heterocycles. The van der Waals surface area contributed by atoms with Gasteiger partial charge in [-0.05, 0) is 92.1 Å². The van der Waals surface area contributed by atoms with Crippen molar-refractivity contribution in [3.05, 3.63) is 113 Å². The van der Waals surface area contributed by atoms with E-state index in [0.717, 1.165) is 39.5 Å². The molecule has 1 aliphatic rings. The first-order valence-electron chi connectivity index (χ1n) is 11.7. The molecule has 7 nitrogen and oxygen atoms in total. The number of carboxylic acids is 1. The Kier molecular flexibility index (Phi) is 6.28. The van der Waals surface area contributed by atoms with Gasteiger partial charge in [-0.1, -0.05) is 12.1 Å². The van der Waals surface area contributed by atoms with Gasteiger partial charge in [-0.2, -0.15) is 0 Å². The molecule has 1 fully saturated rings. The van der Waals surface area contributed by atoms with Crippen molar-refractivity contribution in [1.82, 2.24) is 24.8 Å². The van der Waals surface area contributed by atoms with Crippen molar-refractivity contribution in [3.8, 4) is 5.69 Å². The first-order chi connectivity index (χ1) is 17.3. The zero-order chi connectivity index (χ0) is 25.4. The molecule has 0 aliphatic carbocycles. The summed E-state index contributed by atoms with van der Waals surface area (Å²) in [5.41, 5.74) is 7.33. The molecule has 2 N–H and O–H groups in total. The van der Waals surface area contributed by atoms with Crippen LogP contribution < -0.4 is 5.32 Å². The van der Waals surface area contributed by atoms with Gasteiger partial charge in [0.1, 0.15) is 0 Å². The van der Waals surface area contributed by atoms with Crippen LogP contribution in [0.4, 0.5) is 0 Å². The third-order valence-electron chi connectivity index (χ3n) is 6.79. The standard InChI is InChI=1S/C28H27N5O2S/c1-17-7-8-21(27(34)35)15-24(17)33-18(2)14-22(19(33)3)26-25(23-6-4-5-11-30-23)31-28(36)32(26)16-20-9-12-29-13-10-20/h4-15,25-26H,16H2,1-3H3,(H,31,36)(H,34,35)/t25-,26-/m0/s1. The Bertz CT molecular complexity index is 1440. The third kappa shape index (κ3) is 4.24. The molecular formula is C28H27N5O2S. The normalized spacial score (nSPS) is 17.3. The minimum atomic E-state index is -0.942. The van der Waals surface area contributed by atoms with Gasteiger partial charge in [-0.25, -0.2) is 4.79 Å². The van der Waals surface area contributed by atoms with Gasteiger partial charge >= 0.3 is 5.97 Å². The Hall–Kier alpha value is -4.04. The summed E-state index contributed by atoms with van der Waals surface area (Å²) in [6.45, 7) is 6.75. The number of aryl methyl sites for hydroxylation is 2. The highest BCUT2D eigenvalue weighted by atomic mass is 32.1. The van der Waals surface area contributed by atoms with Gasteiger partial charge in [0.2, 0.25) is 0 Å². The van der Waals surface area contributed by atoms with Gasteiger partial charge in [0.25, 0.3) is 0 Å². The topological polar surface area (TPSA) is 83.3 Å². The van der Waals surface area contributed by atoms with Gasteiger partial charge in [0.05, 0.1) is 23.3 Å². The van der Waals surface area contributed by atoms with Gasteiger partial charge in [-0.15, -0.1) is 0 Å².